The Balaban J connectivity index is 2.07. The molecule has 1 aliphatic rings. The molecule has 1 fully saturated rings. The van der Waals surface area contributed by atoms with E-state index in [1.165, 1.54) is 31.9 Å². The third-order valence-electron chi connectivity index (χ3n) is 3.57. The summed E-state index contributed by atoms with van der Waals surface area (Å²) in [6.45, 7) is 2.31. The maximum absolute atomic E-state index is 8.68. The van der Waals surface area contributed by atoms with Gasteiger partial charge in [-0.25, -0.2) is 9.97 Å². The van der Waals surface area contributed by atoms with Gasteiger partial charge >= 0.3 is 0 Å². The van der Waals surface area contributed by atoms with Crippen LogP contribution in [0.4, 0.5) is 5.82 Å². The summed E-state index contributed by atoms with van der Waals surface area (Å²) in [5.41, 5.74) is 0.374. The molecule has 1 saturated carbocycles. The molecular weight excluding hydrogens is 212 g/mol. The molecule has 1 aromatic heterocycles. The van der Waals surface area contributed by atoms with E-state index in [1.54, 1.807) is 6.20 Å². The Kier molecular flexibility index (Phi) is 3.58. The highest BCUT2D eigenvalue weighted by Crippen LogP contribution is 2.28. The average Bonchev–Trinajstić information content (AvgIpc) is 2.38. The van der Waals surface area contributed by atoms with Crippen LogP contribution in [0.25, 0.3) is 0 Å². The lowest BCUT2D eigenvalue weighted by atomic mass is 9.86. The number of aromatic nitrogens is 2. The van der Waals surface area contributed by atoms with Gasteiger partial charge in [-0.2, -0.15) is 5.26 Å². The van der Waals surface area contributed by atoms with Crippen LogP contribution in [-0.2, 0) is 0 Å². The second kappa shape index (κ2) is 5.13. The van der Waals surface area contributed by atoms with E-state index in [0.717, 1.165) is 11.7 Å². The summed E-state index contributed by atoms with van der Waals surface area (Å²) < 4.78 is 0. The average molecular weight is 230 g/mol. The van der Waals surface area contributed by atoms with Gasteiger partial charge in [-0.1, -0.05) is 19.8 Å². The molecule has 0 aliphatic heterocycles. The van der Waals surface area contributed by atoms with Gasteiger partial charge in [-0.05, 0) is 18.8 Å². The van der Waals surface area contributed by atoms with E-state index in [4.69, 9.17) is 5.26 Å². The van der Waals surface area contributed by atoms with Gasteiger partial charge in [0.2, 0.25) is 0 Å². The van der Waals surface area contributed by atoms with E-state index in [-0.39, 0.29) is 0 Å². The Labute approximate surface area is 102 Å². The summed E-state index contributed by atoms with van der Waals surface area (Å²) in [6.07, 6.45) is 8.31. The van der Waals surface area contributed by atoms with E-state index in [0.29, 0.717) is 11.7 Å². The topological polar surface area (TPSA) is 52.8 Å². The molecule has 0 spiro atoms. The maximum Gasteiger partial charge on any atom is 0.158 e. The van der Waals surface area contributed by atoms with E-state index in [1.807, 2.05) is 6.07 Å². The van der Waals surface area contributed by atoms with Crippen molar-refractivity contribution in [2.45, 2.75) is 38.6 Å². The first kappa shape index (κ1) is 11.8. The minimum Gasteiger partial charge on any atom is -0.355 e. The van der Waals surface area contributed by atoms with Crippen molar-refractivity contribution in [2.75, 3.05) is 11.9 Å². The SMILES string of the molecule is CC1CCCC(N(C)c2cnc(C#N)cn2)C1. The molecule has 1 aliphatic carbocycles. The van der Waals surface area contributed by atoms with Crippen LogP contribution in [0.15, 0.2) is 12.4 Å². The zero-order valence-electron chi connectivity index (χ0n) is 10.4. The molecule has 2 unspecified atom stereocenters. The van der Waals surface area contributed by atoms with Gasteiger partial charge in [0.15, 0.2) is 5.69 Å². The Morgan fingerprint density at radius 2 is 2.18 bits per heavy atom. The number of rotatable bonds is 2. The summed E-state index contributed by atoms with van der Waals surface area (Å²) in [5, 5.41) is 8.68. The van der Waals surface area contributed by atoms with Crippen molar-refractivity contribution in [3.63, 3.8) is 0 Å². The summed E-state index contributed by atoms with van der Waals surface area (Å²) in [5.74, 6) is 1.66. The molecule has 1 aromatic rings. The van der Waals surface area contributed by atoms with E-state index < -0.39 is 0 Å². The predicted molar refractivity (Wildman–Crippen MR) is 66.6 cm³/mol. The fourth-order valence-electron chi connectivity index (χ4n) is 2.50. The van der Waals surface area contributed by atoms with Crippen LogP contribution in [0.5, 0.6) is 0 Å². The molecular formula is C13H18N4. The molecule has 0 bridgehead atoms. The molecule has 2 rings (SSSR count). The third kappa shape index (κ3) is 2.73. The molecule has 0 aromatic carbocycles. The van der Waals surface area contributed by atoms with Crippen molar-refractivity contribution < 1.29 is 0 Å². The smallest absolute Gasteiger partial charge is 0.158 e. The normalized spacial score (nSPS) is 24.1. The highest BCUT2D eigenvalue weighted by molar-refractivity contribution is 5.37. The van der Waals surface area contributed by atoms with E-state index in [9.17, 15) is 0 Å². The number of hydrogen-bond acceptors (Lipinski definition) is 4. The van der Waals surface area contributed by atoms with Crippen molar-refractivity contribution >= 4 is 5.82 Å². The van der Waals surface area contributed by atoms with Crippen LogP contribution in [0.3, 0.4) is 0 Å². The van der Waals surface area contributed by atoms with Crippen molar-refractivity contribution in [1.82, 2.24) is 9.97 Å². The Bertz CT molecular complexity index is 406. The van der Waals surface area contributed by atoms with Crippen LogP contribution in [0, 0.1) is 17.2 Å². The molecule has 0 N–H and O–H groups in total. The monoisotopic (exact) mass is 230 g/mol. The van der Waals surface area contributed by atoms with Crippen LogP contribution in [-0.4, -0.2) is 23.1 Å². The molecule has 90 valence electrons. The van der Waals surface area contributed by atoms with Crippen LogP contribution in [0.2, 0.25) is 0 Å². The molecule has 0 saturated heterocycles. The lowest BCUT2D eigenvalue weighted by Gasteiger charge is -2.34. The summed E-state index contributed by atoms with van der Waals surface area (Å²) >= 11 is 0. The van der Waals surface area contributed by atoms with Crippen LogP contribution in [0.1, 0.15) is 38.3 Å². The number of anilines is 1. The predicted octanol–water partition coefficient (Wildman–Crippen LogP) is 2.36. The van der Waals surface area contributed by atoms with Crippen molar-refractivity contribution in [1.29, 1.82) is 5.26 Å². The van der Waals surface area contributed by atoms with E-state index >= 15 is 0 Å². The summed E-state index contributed by atoms with van der Waals surface area (Å²) in [4.78, 5) is 10.6. The summed E-state index contributed by atoms with van der Waals surface area (Å²) in [7, 11) is 2.07. The highest BCUT2D eigenvalue weighted by atomic mass is 15.2. The quantitative estimate of drug-likeness (QED) is 0.782. The number of hydrogen-bond donors (Lipinski definition) is 0. The standard InChI is InChI=1S/C13H18N4/c1-10-4-3-5-12(6-10)17(2)13-9-15-11(7-14)8-16-13/h8-10,12H,3-6H2,1-2H3. The molecule has 2 atom stereocenters. The fourth-order valence-corrected chi connectivity index (χ4v) is 2.50. The van der Waals surface area contributed by atoms with Crippen LogP contribution >= 0.6 is 0 Å². The molecule has 4 nitrogen and oxygen atoms in total. The second-order valence-corrected chi connectivity index (χ2v) is 4.91. The Morgan fingerprint density at radius 1 is 1.35 bits per heavy atom. The lowest BCUT2D eigenvalue weighted by molar-refractivity contribution is 0.335. The highest BCUT2D eigenvalue weighted by Gasteiger charge is 2.23. The lowest BCUT2D eigenvalue weighted by Crippen LogP contribution is -2.36. The van der Waals surface area contributed by atoms with Crippen LogP contribution < -0.4 is 4.90 Å². The zero-order chi connectivity index (χ0) is 12.3. The van der Waals surface area contributed by atoms with Gasteiger partial charge in [-0.15, -0.1) is 0 Å². The van der Waals surface area contributed by atoms with Gasteiger partial charge < -0.3 is 4.90 Å². The zero-order valence-corrected chi connectivity index (χ0v) is 10.4. The summed E-state index contributed by atoms with van der Waals surface area (Å²) in [6, 6.07) is 2.54. The molecule has 4 heteroatoms. The second-order valence-electron chi connectivity index (χ2n) is 4.91. The van der Waals surface area contributed by atoms with Crippen molar-refractivity contribution in [3.8, 4) is 6.07 Å². The molecule has 17 heavy (non-hydrogen) atoms. The Morgan fingerprint density at radius 3 is 2.76 bits per heavy atom. The maximum atomic E-state index is 8.68. The van der Waals surface area contributed by atoms with Gasteiger partial charge in [0, 0.05) is 13.1 Å². The first-order chi connectivity index (χ1) is 8.20. The molecule has 0 radical (unpaired) electrons. The van der Waals surface area contributed by atoms with Crippen molar-refractivity contribution in [2.24, 2.45) is 5.92 Å². The van der Waals surface area contributed by atoms with Gasteiger partial charge in [0.05, 0.1) is 12.4 Å². The van der Waals surface area contributed by atoms with Crippen molar-refractivity contribution in [3.05, 3.63) is 18.1 Å². The molecule has 0 amide bonds. The van der Waals surface area contributed by atoms with Gasteiger partial charge in [-0.3, -0.25) is 0 Å². The van der Waals surface area contributed by atoms with E-state index in [2.05, 4.69) is 28.8 Å². The van der Waals surface area contributed by atoms with Gasteiger partial charge in [0.25, 0.3) is 0 Å². The Hall–Kier alpha value is -1.63. The fraction of sp³-hybridized carbons (Fsp3) is 0.615. The molecule has 1 heterocycles. The number of nitriles is 1. The first-order valence-corrected chi connectivity index (χ1v) is 6.15. The third-order valence-corrected chi connectivity index (χ3v) is 3.57. The minimum absolute atomic E-state index is 0.374. The number of nitrogens with zero attached hydrogens (tertiary/aromatic N) is 4. The minimum atomic E-state index is 0.374. The van der Waals surface area contributed by atoms with Gasteiger partial charge in [0.1, 0.15) is 11.9 Å². The first-order valence-electron chi connectivity index (χ1n) is 6.15. The largest absolute Gasteiger partial charge is 0.355 e.